The lowest BCUT2D eigenvalue weighted by molar-refractivity contribution is -0.179. The minimum atomic E-state index is -4.52. The Hall–Kier alpha value is -0.940. The van der Waals surface area contributed by atoms with Crippen molar-refractivity contribution in [2.45, 2.75) is 18.8 Å². The lowest BCUT2D eigenvalue weighted by Crippen LogP contribution is -2.28. The predicted molar refractivity (Wildman–Crippen MR) is 46.9 cm³/mol. The first-order chi connectivity index (χ1) is 7.68. The molecule has 0 aliphatic heterocycles. The van der Waals surface area contributed by atoms with Gasteiger partial charge >= 0.3 is 12.4 Å². The average Bonchev–Trinajstić information content (AvgIpc) is 2.85. The smallest absolute Gasteiger partial charge is 0.170 e. The van der Waals surface area contributed by atoms with Crippen molar-refractivity contribution in [3.63, 3.8) is 0 Å². The van der Waals surface area contributed by atoms with Crippen LogP contribution in [0.2, 0.25) is 0 Å². The molecule has 3 aliphatic carbocycles. The summed E-state index contributed by atoms with van der Waals surface area (Å²) in [7, 11) is 0. The van der Waals surface area contributed by atoms with E-state index in [4.69, 9.17) is 0 Å². The molecule has 1 fully saturated rings. The van der Waals surface area contributed by atoms with Crippen LogP contribution >= 0.6 is 0 Å². The van der Waals surface area contributed by atoms with E-state index >= 15 is 0 Å². The molecule has 0 nitrogen and oxygen atoms in total. The summed E-state index contributed by atoms with van der Waals surface area (Å²) in [6.45, 7) is 0. The molecule has 0 amide bonds. The molecule has 1 saturated carbocycles. The Bertz CT molecular complexity index is 426. The number of fused-ring (bicyclic) bond motifs is 2. The van der Waals surface area contributed by atoms with Crippen LogP contribution in [-0.4, -0.2) is 12.4 Å². The maximum atomic E-state index is 12.9. The van der Waals surface area contributed by atoms with Crippen molar-refractivity contribution in [2.75, 3.05) is 0 Å². The summed E-state index contributed by atoms with van der Waals surface area (Å²) in [5.74, 6) is -2.60. The fourth-order valence-corrected chi connectivity index (χ4v) is 3.32. The molecule has 0 saturated heterocycles. The third-order valence-electron chi connectivity index (χ3n) is 4.18. The second kappa shape index (κ2) is 2.72. The van der Waals surface area contributed by atoms with Crippen LogP contribution in [0.1, 0.15) is 6.42 Å². The molecule has 0 radical (unpaired) electrons. The van der Waals surface area contributed by atoms with Crippen LogP contribution < -0.4 is 0 Å². The highest BCUT2D eigenvalue weighted by Gasteiger charge is 2.78. The van der Waals surface area contributed by atoms with Gasteiger partial charge in [-0.05, 0) is 18.3 Å². The van der Waals surface area contributed by atoms with E-state index in [9.17, 15) is 26.3 Å². The Balaban J connectivity index is 2.05. The van der Waals surface area contributed by atoms with Crippen molar-refractivity contribution in [1.82, 2.24) is 0 Å². The Morgan fingerprint density at radius 2 is 1.76 bits per heavy atom. The summed E-state index contributed by atoms with van der Waals surface area (Å²) in [6.07, 6.45) is -6.19. The summed E-state index contributed by atoms with van der Waals surface area (Å²) in [6, 6.07) is 0. The molecule has 94 valence electrons. The van der Waals surface area contributed by atoms with Gasteiger partial charge in [-0.25, -0.2) is 0 Å². The highest BCUT2D eigenvalue weighted by molar-refractivity contribution is 5.41. The van der Waals surface area contributed by atoms with Crippen molar-refractivity contribution in [3.05, 3.63) is 23.8 Å². The van der Waals surface area contributed by atoms with E-state index in [1.807, 2.05) is 0 Å². The van der Waals surface area contributed by atoms with Crippen LogP contribution in [0, 0.1) is 23.2 Å². The van der Waals surface area contributed by atoms with Crippen molar-refractivity contribution in [3.8, 4) is 0 Å². The number of alkyl halides is 6. The van der Waals surface area contributed by atoms with Crippen molar-refractivity contribution in [1.29, 1.82) is 0 Å². The Morgan fingerprint density at radius 1 is 1.12 bits per heavy atom. The van der Waals surface area contributed by atoms with Crippen molar-refractivity contribution in [2.24, 2.45) is 23.2 Å². The molecule has 0 spiro atoms. The third-order valence-corrected chi connectivity index (χ3v) is 4.18. The summed E-state index contributed by atoms with van der Waals surface area (Å²) in [5.41, 5.74) is -2.82. The van der Waals surface area contributed by atoms with Gasteiger partial charge in [-0.15, -0.1) is 0 Å². The van der Waals surface area contributed by atoms with E-state index in [1.165, 1.54) is 0 Å². The highest BCUT2D eigenvalue weighted by Crippen LogP contribution is 2.75. The zero-order chi connectivity index (χ0) is 12.6. The summed E-state index contributed by atoms with van der Waals surface area (Å²) < 4.78 is 76.5. The van der Waals surface area contributed by atoms with Crippen LogP contribution in [0.15, 0.2) is 23.8 Å². The van der Waals surface area contributed by atoms with Gasteiger partial charge < -0.3 is 0 Å². The van der Waals surface area contributed by atoms with Gasteiger partial charge in [-0.2, -0.15) is 26.3 Å². The second-order valence-electron chi connectivity index (χ2n) is 4.88. The number of hydrogen-bond acceptors (Lipinski definition) is 0. The minimum Gasteiger partial charge on any atom is -0.170 e. The van der Waals surface area contributed by atoms with Crippen LogP contribution in [0.3, 0.4) is 0 Å². The average molecular weight is 254 g/mol. The van der Waals surface area contributed by atoms with Gasteiger partial charge in [0.05, 0.1) is 5.41 Å². The molecule has 0 aromatic rings. The summed E-state index contributed by atoms with van der Waals surface area (Å²) in [4.78, 5) is 0. The van der Waals surface area contributed by atoms with Gasteiger partial charge in [-0.3, -0.25) is 0 Å². The first-order valence-corrected chi connectivity index (χ1v) is 5.23. The molecule has 6 heteroatoms. The highest BCUT2D eigenvalue weighted by atomic mass is 19.4. The maximum absolute atomic E-state index is 12.9. The molecule has 17 heavy (non-hydrogen) atoms. The lowest BCUT2D eigenvalue weighted by atomic mass is 9.83. The number of rotatable bonds is 0. The van der Waals surface area contributed by atoms with E-state index in [0.29, 0.717) is 0 Å². The molecule has 3 unspecified atom stereocenters. The van der Waals surface area contributed by atoms with E-state index in [0.717, 1.165) is 18.2 Å². The molecule has 0 aromatic heterocycles. The first-order valence-electron chi connectivity index (χ1n) is 5.23. The molecule has 2 bridgehead atoms. The fourth-order valence-electron chi connectivity index (χ4n) is 3.32. The molecule has 3 aliphatic rings. The monoisotopic (exact) mass is 254 g/mol. The standard InChI is InChI=1S/C11H8F6/c12-10(13,14)6-4-8-7-3-5(6)1-2-9(7,8)11(15,16)17/h1-2,4-5,7-8H,3H2/t5?,7?,8?,9-/m0/s1. The normalized spacial score (nSPS) is 43.4. The third kappa shape index (κ3) is 1.21. The predicted octanol–water partition coefficient (Wildman–Crippen LogP) is 3.86. The van der Waals surface area contributed by atoms with Gasteiger partial charge in [0.25, 0.3) is 0 Å². The zero-order valence-corrected chi connectivity index (χ0v) is 8.44. The van der Waals surface area contributed by atoms with E-state index in [1.54, 1.807) is 0 Å². The van der Waals surface area contributed by atoms with Gasteiger partial charge in [-0.1, -0.05) is 18.2 Å². The van der Waals surface area contributed by atoms with E-state index in [2.05, 4.69) is 0 Å². The molecule has 0 heterocycles. The molecule has 4 atom stereocenters. The SMILES string of the molecule is FC(F)(F)C1=CC2C3CC1C=C[C@@]23C(F)(F)F. The lowest BCUT2D eigenvalue weighted by Gasteiger charge is -2.26. The second-order valence-corrected chi connectivity index (χ2v) is 4.88. The zero-order valence-electron chi connectivity index (χ0n) is 8.44. The van der Waals surface area contributed by atoms with Crippen molar-refractivity contribution >= 4 is 0 Å². The molecular formula is C11H8F6. The van der Waals surface area contributed by atoms with E-state index < -0.39 is 41.1 Å². The van der Waals surface area contributed by atoms with Crippen LogP contribution in [0.5, 0.6) is 0 Å². The van der Waals surface area contributed by atoms with Gasteiger partial charge in [0, 0.05) is 11.5 Å². The van der Waals surface area contributed by atoms with Crippen LogP contribution in [-0.2, 0) is 0 Å². The molecule has 3 rings (SSSR count). The Kier molecular flexibility index (Phi) is 1.79. The number of halogens is 6. The largest absolute Gasteiger partial charge is 0.412 e. The van der Waals surface area contributed by atoms with Crippen LogP contribution in [0.25, 0.3) is 0 Å². The minimum absolute atomic E-state index is 0.0357. The fraction of sp³-hybridized carbons (Fsp3) is 0.636. The van der Waals surface area contributed by atoms with Gasteiger partial charge in [0.1, 0.15) is 0 Å². The Morgan fingerprint density at radius 3 is 2.29 bits per heavy atom. The van der Waals surface area contributed by atoms with E-state index in [-0.39, 0.29) is 6.42 Å². The first kappa shape index (κ1) is 11.2. The molecule has 0 N–H and O–H groups in total. The Labute approximate surface area is 93.0 Å². The summed E-state index contributed by atoms with van der Waals surface area (Å²) >= 11 is 0. The number of hydrogen-bond donors (Lipinski definition) is 0. The summed E-state index contributed by atoms with van der Waals surface area (Å²) in [5, 5.41) is 0. The van der Waals surface area contributed by atoms with Gasteiger partial charge in [0.2, 0.25) is 0 Å². The van der Waals surface area contributed by atoms with Crippen LogP contribution in [0.4, 0.5) is 26.3 Å². The number of allylic oxidation sites excluding steroid dienone is 4. The molecule has 0 aromatic carbocycles. The topological polar surface area (TPSA) is 0 Å². The molecular weight excluding hydrogens is 246 g/mol. The van der Waals surface area contributed by atoms with Crippen molar-refractivity contribution < 1.29 is 26.3 Å². The quantitative estimate of drug-likeness (QED) is 0.455. The van der Waals surface area contributed by atoms with Gasteiger partial charge in [0.15, 0.2) is 0 Å². The maximum Gasteiger partial charge on any atom is 0.412 e.